The molecule has 0 saturated heterocycles. The van der Waals surface area contributed by atoms with Crippen LogP contribution >= 0.6 is 0 Å². The van der Waals surface area contributed by atoms with Crippen molar-refractivity contribution in [2.24, 2.45) is 5.92 Å². The second-order valence-electron chi connectivity index (χ2n) is 8.89. The molecule has 0 bridgehead atoms. The maximum atomic E-state index is 13.2. The number of hydrogen-bond donors (Lipinski definition) is 2. The van der Waals surface area contributed by atoms with Gasteiger partial charge in [0, 0.05) is 12.5 Å². The van der Waals surface area contributed by atoms with Crippen LogP contribution in [0.25, 0.3) is 0 Å². The van der Waals surface area contributed by atoms with Gasteiger partial charge in [-0.15, -0.1) is 0 Å². The third kappa shape index (κ3) is 6.14. The third-order valence-corrected chi connectivity index (χ3v) is 6.85. The van der Waals surface area contributed by atoms with Gasteiger partial charge in [-0.05, 0) is 71.9 Å². The van der Waals surface area contributed by atoms with Crippen LogP contribution in [0.5, 0.6) is 0 Å². The summed E-state index contributed by atoms with van der Waals surface area (Å²) in [5.74, 6) is 0.115. The van der Waals surface area contributed by atoms with Crippen molar-refractivity contribution in [3.05, 3.63) is 40.5 Å². The smallest absolute Gasteiger partial charge is 0.241 e. The van der Waals surface area contributed by atoms with Crippen LogP contribution in [0.15, 0.2) is 28.7 Å². The Morgan fingerprint density at radius 3 is 2.39 bits per heavy atom. The second-order valence-corrected chi connectivity index (χ2v) is 10.5. The molecule has 0 spiro atoms. The molecule has 1 saturated carbocycles. The number of aliphatic hydroxyl groups is 1. The van der Waals surface area contributed by atoms with Crippen molar-refractivity contribution in [1.29, 1.82) is 0 Å². The molecule has 0 radical (unpaired) electrons. The minimum absolute atomic E-state index is 0.0988. The fourth-order valence-electron chi connectivity index (χ4n) is 3.93. The maximum Gasteiger partial charge on any atom is 0.241 e. The summed E-state index contributed by atoms with van der Waals surface area (Å²) in [7, 11) is -3.71. The molecular formula is C22H35NO4S. The molecule has 0 aliphatic heterocycles. The minimum atomic E-state index is -3.71. The lowest BCUT2D eigenvalue weighted by molar-refractivity contribution is -0.00689. The number of rotatable bonds is 7. The first-order chi connectivity index (χ1) is 12.9. The largest absolute Gasteiger partial charge is 0.396 e. The molecule has 1 aliphatic carbocycles. The topological polar surface area (TPSA) is 75.6 Å². The summed E-state index contributed by atoms with van der Waals surface area (Å²) in [6.07, 6.45) is 4.81. The second kappa shape index (κ2) is 9.08. The van der Waals surface area contributed by atoms with Crippen LogP contribution in [0.1, 0.15) is 56.7 Å². The zero-order chi connectivity index (χ0) is 21.1. The molecule has 2 N–H and O–H groups in total. The Morgan fingerprint density at radius 1 is 1.25 bits per heavy atom. The summed E-state index contributed by atoms with van der Waals surface area (Å²) in [6.45, 7) is 11.8. The van der Waals surface area contributed by atoms with Crippen LogP contribution in [0, 0.1) is 26.7 Å². The Morgan fingerprint density at radius 2 is 1.86 bits per heavy atom. The molecule has 5 nitrogen and oxygen atoms in total. The predicted molar refractivity (Wildman–Crippen MR) is 113 cm³/mol. The highest BCUT2D eigenvalue weighted by molar-refractivity contribution is 7.89. The van der Waals surface area contributed by atoms with Gasteiger partial charge in [0.1, 0.15) is 0 Å². The molecule has 0 heterocycles. The van der Waals surface area contributed by atoms with E-state index in [-0.39, 0.29) is 24.7 Å². The zero-order valence-electron chi connectivity index (χ0n) is 18.0. The van der Waals surface area contributed by atoms with Gasteiger partial charge in [-0.25, -0.2) is 13.1 Å². The highest BCUT2D eigenvalue weighted by atomic mass is 32.2. The highest BCUT2D eigenvalue weighted by Gasteiger charge is 2.27. The van der Waals surface area contributed by atoms with Gasteiger partial charge in [-0.2, -0.15) is 0 Å². The van der Waals surface area contributed by atoms with E-state index in [1.54, 1.807) is 0 Å². The quantitative estimate of drug-likeness (QED) is 0.672. The Kier molecular flexibility index (Phi) is 7.48. The number of aryl methyl sites for hydroxylation is 3. The number of hydrogen-bond acceptors (Lipinski definition) is 4. The summed E-state index contributed by atoms with van der Waals surface area (Å²) >= 11 is 0. The van der Waals surface area contributed by atoms with Crippen molar-refractivity contribution in [2.45, 2.75) is 77.3 Å². The van der Waals surface area contributed by atoms with E-state index in [1.165, 1.54) is 0 Å². The maximum absolute atomic E-state index is 13.2. The lowest BCUT2D eigenvalue weighted by Crippen LogP contribution is -2.40. The van der Waals surface area contributed by atoms with E-state index in [1.807, 2.05) is 59.8 Å². The number of benzene rings is 1. The Labute approximate surface area is 170 Å². The number of ether oxygens (including phenoxy) is 1. The van der Waals surface area contributed by atoms with Gasteiger partial charge >= 0.3 is 0 Å². The number of aliphatic hydroxyl groups excluding tert-OH is 1. The first-order valence-corrected chi connectivity index (χ1v) is 11.5. The molecule has 158 valence electrons. The molecule has 0 amide bonds. The predicted octanol–water partition coefficient (Wildman–Crippen LogP) is 3.79. The van der Waals surface area contributed by atoms with E-state index in [2.05, 4.69) is 4.72 Å². The fourth-order valence-corrected chi connectivity index (χ4v) is 5.55. The summed E-state index contributed by atoms with van der Waals surface area (Å²) < 4.78 is 35.1. The SMILES string of the molecule is Cc1cc(C)c(S(=O)(=O)N[C@H](/C=C2\CCC[C@@H]2CO)COC(C)(C)C)c(C)c1. The Hall–Kier alpha value is -1.21. The van der Waals surface area contributed by atoms with Crippen molar-refractivity contribution in [3.8, 4) is 0 Å². The van der Waals surface area contributed by atoms with Crippen LogP contribution < -0.4 is 4.72 Å². The molecule has 1 aromatic rings. The number of nitrogens with one attached hydrogen (secondary N) is 1. The molecule has 2 rings (SSSR count). The average Bonchev–Trinajstić information content (AvgIpc) is 2.97. The van der Waals surface area contributed by atoms with Crippen molar-refractivity contribution in [2.75, 3.05) is 13.2 Å². The third-order valence-electron chi connectivity index (χ3n) is 5.05. The summed E-state index contributed by atoms with van der Waals surface area (Å²) in [6, 6.07) is 3.30. The average molecular weight is 410 g/mol. The van der Waals surface area contributed by atoms with Gasteiger partial charge in [-0.3, -0.25) is 0 Å². The van der Waals surface area contributed by atoms with Crippen LogP contribution in [0.2, 0.25) is 0 Å². The van der Waals surface area contributed by atoms with E-state index in [4.69, 9.17) is 4.74 Å². The van der Waals surface area contributed by atoms with Crippen molar-refractivity contribution in [1.82, 2.24) is 4.72 Å². The monoisotopic (exact) mass is 409 g/mol. The summed E-state index contributed by atoms with van der Waals surface area (Å²) in [4.78, 5) is 0.336. The summed E-state index contributed by atoms with van der Waals surface area (Å²) in [5, 5.41) is 9.61. The van der Waals surface area contributed by atoms with Gasteiger partial charge in [0.05, 0.1) is 23.1 Å². The van der Waals surface area contributed by atoms with E-state index in [0.29, 0.717) is 4.90 Å². The molecule has 2 atom stereocenters. The molecule has 1 aliphatic rings. The fraction of sp³-hybridized carbons (Fsp3) is 0.636. The normalized spacial score (nSPS) is 20.7. The van der Waals surface area contributed by atoms with Gasteiger partial charge in [0.15, 0.2) is 0 Å². The van der Waals surface area contributed by atoms with Gasteiger partial charge in [-0.1, -0.05) is 29.3 Å². The standard InChI is InChI=1S/C22H35NO4S/c1-15-10-16(2)21(17(3)11-15)28(25,26)23-20(14-27-22(4,5)6)12-18-8-7-9-19(18)13-24/h10-12,19-20,23-24H,7-9,13-14H2,1-6H3/b18-12+/t19-,20-/m1/s1. The van der Waals surface area contributed by atoms with E-state index in [0.717, 1.165) is 41.5 Å². The first-order valence-electron chi connectivity index (χ1n) is 9.98. The lowest BCUT2D eigenvalue weighted by atomic mass is 10.0. The lowest BCUT2D eigenvalue weighted by Gasteiger charge is -2.25. The molecule has 1 fully saturated rings. The minimum Gasteiger partial charge on any atom is -0.396 e. The number of sulfonamides is 1. The molecule has 28 heavy (non-hydrogen) atoms. The van der Waals surface area contributed by atoms with Gasteiger partial charge in [0.25, 0.3) is 0 Å². The summed E-state index contributed by atoms with van der Waals surface area (Å²) in [5.41, 5.74) is 3.26. The van der Waals surface area contributed by atoms with Crippen LogP contribution in [0.3, 0.4) is 0 Å². The molecular weight excluding hydrogens is 374 g/mol. The Bertz CT molecular complexity index is 798. The Balaban J connectivity index is 2.34. The van der Waals surface area contributed by atoms with Crippen LogP contribution in [-0.2, 0) is 14.8 Å². The molecule has 0 unspecified atom stereocenters. The van der Waals surface area contributed by atoms with Crippen LogP contribution in [-0.4, -0.2) is 38.4 Å². The molecule has 0 aromatic heterocycles. The molecule has 1 aromatic carbocycles. The van der Waals surface area contributed by atoms with E-state index < -0.39 is 16.1 Å². The van der Waals surface area contributed by atoms with Crippen molar-refractivity contribution < 1.29 is 18.3 Å². The van der Waals surface area contributed by atoms with E-state index >= 15 is 0 Å². The van der Waals surface area contributed by atoms with Crippen molar-refractivity contribution in [3.63, 3.8) is 0 Å². The van der Waals surface area contributed by atoms with Crippen LogP contribution in [0.4, 0.5) is 0 Å². The van der Waals surface area contributed by atoms with Gasteiger partial charge in [0.2, 0.25) is 10.0 Å². The zero-order valence-corrected chi connectivity index (χ0v) is 18.8. The molecule has 6 heteroatoms. The van der Waals surface area contributed by atoms with Gasteiger partial charge < -0.3 is 9.84 Å². The van der Waals surface area contributed by atoms with Crippen molar-refractivity contribution >= 4 is 10.0 Å². The van der Waals surface area contributed by atoms with E-state index in [9.17, 15) is 13.5 Å². The first kappa shape index (κ1) is 23.1. The highest BCUT2D eigenvalue weighted by Crippen LogP contribution is 2.31.